The number of sulfonamides is 1. The van der Waals surface area contributed by atoms with Crippen LogP contribution in [0.15, 0.2) is 59.3 Å². The minimum Gasteiger partial charge on any atom is -0.443 e. The molecule has 2 aromatic carbocycles. The molecule has 3 rings (SSSR count). The predicted octanol–water partition coefficient (Wildman–Crippen LogP) is 2.81. The molecule has 0 saturated carbocycles. The van der Waals surface area contributed by atoms with E-state index in [-0.39, 0.29) is 5.75 Å². The van der Waals surface area contributed by atoms with Crippen LogP contribution in [0.2, 0.25) is 0 Å². The van der Waals surface area contributed by atoms with Gasteiger partial charge >= 0.3 is 0 Å². The Morgan fingerprint density at radius 2 is 1.90 bits per heavy atom. The van der Waals surface area contributed by atoms with E-state index in [0.717, 1.165) is 5.56 Å². The van der Waals surface area contributed by atoms with Crippen LogP contribution in [0.25, 0.3) is 11.1 Å². The fraction of sp³-hybridized carbons (Fsp3) is 0.133. The van der Waals surface area contributed by atoms with Gasteiger partial charge in [0.1, 0.15) is 5.52 Å². The molecular formula is C15H14N2O3S. The molecule has 3 aromatic rings. The summed E-state index contributed by atoms with van der Waals surface area (Å²) in [5.41, 5.74) is 2.74. The number of anilines is 1. The van der Waals surface area contributed by atoms with Crippen molar-refractivity contribution in [1.82, 2.24) is 4.98 Å². The van der Waals surface area contributed by atoms with Crippen LogP contribution in [0.1, 0.15) is 5.56 Å². The molecule has 1 aromatic heterocycles. The van der Waals surface area contributed by atoms with Crippen molar-refractivity contribution in [3.05, 3.63) is 60.5 Å². The van der Waals surface area contributed by atoms with Gasteiger partial charge < -0.3 is 4.42 Å². The summed E-state index contributed by atoms with van der Waals surface area (Å²) in [5.74, 6) is 0.0356. The quantitative estimate of drug-likeness (QED) is 0.786. The second kappa shape index (κ2) is 5.57. The van der Waals surface area contributed by atoms with Gasteiger partial charge in [-0.3, -0.25) is 4.72 Å². The van der Waals surface area contributed by atoms with Crippen LogP contribution in [-0.2, 0) is 16.4 Å². The SMILES string of the molecule is O=S(=O)(CCc1ccccc1)Nc1ccc2ocnc2c1. The maximum atomic E-state index is 12.1. The normalized spacial score (nSPS) is 11.6. The maximum Gasteiger partial charge on any atom is 0.233 e. The van der Waals surface area contributed by atoms with Crippen molar-refractivity contribution in [2.24, 2.45) is 0 Å². The fourth-order valence-corrected chi connectivity index (χ4v) is 3.14. The van der Waals surface area contributed by atoms with Gasteiger partial charge in [0.15, 0.2) is 12.0 Å². The Balaban J connectivity index is 1.70. The van der Waals surface area contributed by atoms with Crippen LogP contribution in [-0.4, -0.2) is 19.2 Å². The van der Waals surface area contributed by atoms with E-state index in [1.54, 1.807) is 18.2 Å². The van der Waals surface area contributed by atoms with E-state index in [4.69, 9.17) is 4.42 Å². The summed E-state index contributed by atoms with van der Waals surface area (Å²) >= 11 is 0. The molecule has 1 heterocycles. The first kappa shape index (κ1) is 13.6. The van der Waals surface area contributed by atoms with Crippen LogP contribution in [0.5, 0.6) is 0 Å². The number of benzene rings is 2. The van der Waals surface area contributed by atoms with Gasteiger partial charge in [-0.05, 0) is 30.2 Å². The predicted molar refractivity (Wildman–Crippen MR) is 81.6 cm³/mol. The molecule has 0 fully saturated rings. The number of nitrogens with zero attached hydrogens (tertiary/aromatic N) is 1. The first-order valence-corrected chi connectivity index (χ1v) is 8.15. The number of fused-ring (bicyclic) bond motifs is 1. The molecule has 0 saturated heterocycles. The molecule has 0 bridgehead atoms. The van der Waals surface area contributed by atoms with Crippen LogP contribution in [0, 0.1) is 0 Å². The van der Waals surface area contributed by atoms with Gasteiger partial charge in [0.05, 0.1) is 11.4 Å². The highest BCUT2D eigenvalue weighted by Gasteiger charge is 2.11. The Bertz CT molecular complexity index is 841. The van der Waals surface area contributed by atoms with Crippen molar-refractivity contribution in [2.45, 2.75) is 6.42 Å². The van der Waals surface area contributed by atoms with Gasteiger partial charge in [-0.25, -0.2) is 13.4 Å². The topological polar surface area (TPSA) is 72.2 Å². The van der Waals surface area contributed by atoms with Gasteiger partial charge in [0, 0.05) is 0 Å². The summed E-state index contributed by atoms with van der Waals surface area (Å²) in [4.78, 5) is 4.00. The van der Waals surface area contributed by atoms with Crippen molar-refractivity contribution in [3.63, 3.8) is 0 Å². The first-order valence-electron chi connectivity index (χ1n) is 6.50. The summed E-state index contributed by atoms with van der Waals surface area (Å²) in [7, 11) is -3.39. The number of hydrogen-bond acceptors (Lipinski definition) is 4. The number of nitrogens with one attached hydrogen (secondary N) is 1. The molecule has 21 heavy (non-hydrogen) atoms. The average Bonchev–Trinajstić information content (AvgIpc) is 2.93. The highest BCUT2D eigenvalue weighted by Crippen LogP contribution is 2.18. The van der Waals surface area contributed by atoms with Crippen LogP contribution >= 0.6 is 0 Å². The second-order valence-electron chi connectivity index (χ2n) is 4.69. The summed E-state index contributed by atoms with van der Waals surface area (Å²) in [6.45, 7) is 0. The van der Waals surface area contributed by atoms with Gasteiger partial charge in [0.25, 0.3) is 0 Å². The smallest absolute Gasteiger partial charge is 0.233 e. The van der Waals surface area contributed by atoms with E-state index < -0.39 is 10.0 Å². The molecular weight excluding hydrogens is 288 g/mol. The molecule has 108 valence electrons. The van der Waals surface area contributed by atoms with Crippen LogP contribution in [0.3, 0.4) is 0 Å². The monoisotopic (exact) mass is 302 g/mol. The lowest BCUT2D eigenvalue weighted by molar-refractivity contribution is 0.599. The number of aromatic nitrogens is 1. The molecule has 0 atom stereocenters. The third kappa shape index (κ3) is 3.41. The molecule has 5 nitrogen and oxygen atoms in total. The minimum absolute atomic E-state index is 0.0356. The van der Waals surface area contributed by atoms with Crippen molar-refractivity contribution in [1.29, 1.82) is 0 Å². The number of oxazole rings is 1. The second-order valence-corrected chi connectivity index (χ2v) is 6.53. The first-order chi connectivity index (χ1) is 10.1. The number of aryl methyl sites for hydroxylation is 1. The molecule has 0 unspecified atom stereocenters. The van der Waals surface area contributed by atoms with E-state index in [1.165, 1.54) is 6.39 Å². The average molecular weight is 302 g/mol. The largest absolute Gasteiger partial charge is 0.443 e. The Labute approximate surface area is 122 Å². The summed E-state index contributed by atoms with van der Waals surface area (Å²) in [6.07, 6.45) is 1.81. The van der Waals surface area contributed by atoms with Crippen molar-refractivity contribution < 1.29 is 12.8 Å². The van der Waals surface area contributed by atoms with Gasteiger partial charge in [-0.1, -0.05) is 30.3 Å². The molecule has 6 heteroatoms. The van der Waals surface area contributed by atoms with Gasteiger partial charge in [0.2, 0.25) is 10.0 Å². The Morgan fingerprint density at radius 3 is 2.71 bits per heavy atom. The Morgan fingerprint density at radius 1 is 1.10 bits per heavy atom. The minimum atomic E-state index is -3.39. The molecule has 0 radical (unpaired) electrons. The van der Waals surface area contributed by atoms with Crippen molar-refractivity contribution >= 4 is 26.8 Å². The number of rotatable bonds is 5. The lowest BCUT2D eigenvalue weighted by Gasteiger charge is -2.07. The van der Waals surface area contributed by atoms with Gasteiger partial charge in [-0.2, -0.15) is 0 Å². The maximum absolute atomic E-state index is 12.1. The molecule has 0 amide bonds. The van der Waals surface area contributed by atoms with Crippen molar-refractivity contribution in [3.8, 4) is 0 Å². The third-order valence-electron chi connectivity index (χ3n) is 3.11. The zero-order valence-corrected chi connectivity index (χ0v) is 12.0. The van der Waals surface area contributed by atoms with E-state index >= 15 is 0 Å². The van der Waals surface area contributed by atoms with E-state index in [1.807, 2.05) is 30.3 Å². The van der Waals surface area contributed by atoms with E-state index in [2.05, 4.69) is 9.71 Å². The Kier molecular flexibility index (Phi) is 3.62. The van der Waals surface area contributed by atoms with Crippen LogP contribution < -0.4 is 4.72 Å². The lowest BCUT2D eigenvalue weighted by Crippen LogP contribution is -2.18. The summed E-state index contributed by atoms with van der Waals surface area (Å²) in [5, 5.41) is 0. The zero-order valence-electron chi connectivity index (χ0n) is 11.2. The zero-order chi connectivity index (χ0) is 14.7. The highest BCUT2D eigenvalue weighted by molar-refractivity contribution is 7.92. The van der Waals surface area contributed by atoms with E-state index in [9.17, 15) is 8.42 Å². The third-order valence-corrected chi connectivity index (χ3v) is 4.39. The molecule has 1 N–H and O–H groups in total. The summed E-state index contributed by atoms with van der Waals surface area (Å²) < 4.78 is 31.9. The fourth-order valence-electron chi connectivity index (χ4n) is 2.05. The Hall–Kier alpha value is -2.34. The molecule has 0 aliphatic heterocycles. The van der Waals surface area contributed by atoms with E-state index in [0.29, 0.717) is 23.2 Å². The summed E-state index contributed by atoms with van der Waals surface area (Å²) in [6, 6.07) is 14.5. The molecule has 0 spiro atoms. The molecule has 0 aliphatic carbocycles. The van der Waals surface area contributed by atoms with Crippen LogP contribution in [0.4, 0.5) is 5.69 Å². The standard InChI is InChI=1S/C15H14N2O3S/c18-21(19,9-8-12-4-2-1-3-5-12)17-13-6-7-15-14(10-13)16-11-20-15/h1-7,10-11,17H,8-9H2. The van der Waals surface area contributed by atoms with Crippen molar-refractivity contribution in [2.75, 3.05) is 10.5 Å². The lowest BCUT2D eigenvalue weighted by atomic mass is 10.2. The van der Waals surface area contributed by atoms with Gasteiger partial charge in [-0.15, -0.1) is 0 Å². The highest BCUT2D eigenvalue weighted by atomic mass is 32.2. The molecule has 0 aliphatic rings. The number of hydrogen-bond donors (Lipinski definition) is 1.